The number of halogens is 2. The third-order valence-electron chi connectivity index (χ3n) is 5.71. The normalized spacial score (nSPS) is 10.9. The summed E-state index contributed by atoms with van der Waals surface area (Å²) in [5.41, 5.74) is 8.08. The first kappa shape index (κ1) is 25.6. The van der Waals surface area contributed by atoms with E-state index < -0.39 is 0 Å². The Morgan fingerprint density at radius 3 is 1.09 bits per heavy atom. The molecular weight excluding hydrogens is 616 g/mol. The fourth-order valence-electron chi connectivity index (χ4n) is 3.96. The first-order valence-electron chi connectivity index (χ1n) is 11.0. The number of benzene rings is 2. The van der Waals surface area contributed by atoms with Crippen molar-refractivity contribution in [2.45, 2.75) is 24.5 Å². The van der Waals surface area contributed by atoms with Crippen LogP contribution < -0.4 is 0 Å². The van der Waals surface area contributed by atoms with Crippen molar-refractivity contribution in [3.8, 4) is 0 Å². The largest absolute Gasteiger partial charge is 1.00 e. The molecule has 6 rings (SSSR count). The van der Waals surface area contributed by atoms with E-state index in [-0.39, 0.29) is 17.1 Å². The van der Waals surface area contributed by atoms with Crippen LogP contribution in [-0.4, -0.2) is 19.9 Å². The minimum Gasteiger partial charge on any atom is -0.251 e. The summed E-state index contributed by atoms with van der Waals surface area (Å²) in [6, 6.07) is 24.9. The predicted octanol–water partition coefficient (Wildman–Crippen LogP) is 7.97. The maximum absolute atomic E-state index is 4.65. The van der Waals surface area contributed by atoms with E-state index in [0.29, 0.717) is 0 Å². The summed E-state index contributed by atoms with van der Waals surface area (Å²) in [4.78, 5) is 18.5. The topological polar surface area (TPSA) is 51.6 Å². The Bertz CT molecular complexity index is 1550. The number of hydrogen-bond donors (Lipinski definition) is 0. The summed E-state index contributed by atoms with van der Waals surface area (Å²) in [6.45, 7) is 4.01. The van der Waals surface area contributed by atoms with Crippen molar-refractivity contribution in [1.29, 1.82) is 0 Å². The fourth-order valence-corrected chi connectivity index (χ4v) is 4.58. The van der Waals surface area contributed by atoms with Gasteiger partial charge in [-0.2, -0.15) is 0 Å². The third-order valence-corrected chi connectivity index (χ3v) is 6.86. The maximum atomic E-state index is 4.65. The Labute approximate surface area is 231 Å². The quantitative estimate of drug-likeness (QED) is 0.110. The molecule has 7 heteroatoms. The van der Waals surface area contributed by atoms with Gasteiger partial charge in [-0.25, -0.2) is 9.97 Å². The van der Waals surface area contributed by atoms with Gasteiger partial charge >= 0.3 is 17.1 Å². The van der Waals surface area contributed by atoms with E-state index in [4.69, 9.17) is 0 Å². The zero-order valence-corrected chi connectivity index (χ0v) is 23.3. The Morgan fingerprint density at radius 1 is 0.457 bits per heavy atom. The van der Waals surface area contributed by atoms with E-state index in [9.17, 15) is 0 Å². The molecule has 0 saturated heterocycles. The molecule has 0 aliphatic heterocycles. The molecule has 0 saturated carbocycles. The number of aryl methyl sites for hydroxylation is 2. The number of pyridine rings is 4. The second kappa shape index (κ2) is 11.1. The molecule has 0 radical (unpaired) electrons. The number of hydrogen-bond acceptors (Lipinski definition) is 4. The van der Waals surface area contributed by atoms with Crippen LogP contribution in [-0.2, 0) is 27.7 Å². The SMILES string of the molecule is Cc1ccc2ccc3ccc(CBr)nc3c2n1.Cc1ccc2ccc3ccc(CBr)nc3c2n1.[Cu+]. The van der Waals surface area contributed by atoms with Crippen LogP contribution in [0.3, 0.4) is 0 Å². The van der Waals surface area contributed by atoms with E-state index in [1.165, 1.54) is 0 Å². The smallest absolute Gasteiger partial charge is 0.251 e. The maximum Gasteiger partial charge on any atom is 1.00 e. The van der Waals surface area contributed by atoms with Crippen molar-refractivity contribution >= 4 is 75.5 Å². The molecule has 35 heavy (non-hydrogen) atoms. The number of rotatable bonds is 2. The van der Waals surface area contributed by atoms with Gasteiger partial charge in [-0.05, 0) is 38.1 Å². The average Bonchev–Trinajstić information content (AvgIpc) is 2.88. The van der Waals surface area contributed by atoms with Gasteiger partial charge in [0.1, 0.15) is 0 Å². The minimum absolute atomic E-state index is 0. The van der Waals surface area contributed by atoms with E-state index in [1.807, 2.05) is 38.1 Å². The van der Waals surface area contributed by atoms with Crippen LogP contribution in [0.1, 0.15) is 22.8 Å². The van der Waals surface area contributed by atoms with Gasteiger partial charge in [0.2, 0.25) is 0 Å². The van der Waals surface area contributed by atoms with Gasteiger partial charge in [0.05, 0.1) is 33.5 Å². The average molecular weight is 638 g/mol. The molecule has 0 unspecified atom stereocenters. The third kappa shape index (κ3) is 5.39. The van der Waals surface area contributed by atoms with Gasteiger partial charge in [0.15, 0.2) is 0 Å². The summed E-state index contributed by atoms with van der Waals surface area (Å²) in [6.07, 6.45) is 0. The molecule has 0 bridgehead atoms. The summed E-state index contributed by atoms with van der Waals surface area (Å²) < 4.78 is 0. The molecule has 0 aliphatic rings. The van der Waals surface area contributed by atoms with Gasteiger partial charge in [-0.3, -0.25) is 9.97 Å². The predicted molar refractivity (Wildman–Crippen MR) is 149 cm³/mol. The molecule has 178 valence electrons. The zero-order valence-electron chi connectivity index (χ0n) is 19.2. The van der Waals surface area contributed by atoms with Crippen LogP contribution in [0.2, 0.25) is 0 Å². The fraction of sp³-hybridized carbons (Fsp3) is 0.143. The molecule has 4 heterocycles. The van der Waals surface area contributed by atoms with Crippen molar-refractivity contribution in [2.75, 3.05) is 0 Å². The van der Waals surface area contributed by atoms with Crippen molar-refractivity contribution in [1.82, 2.24) is 19.9 Å². The Hall–Kier alpha value is -2.44. The van der Waals surface area contributed by atoms with E-state index in [1.54, 1.807) is 0 Å². The number of alkyl halides is 2. The molecule has 4 aromatic heterocycles. The van der Waals surface area contributed by atoms with Crippen LogP contribution in [0.15, 0.2) is 72.8 Å². The summed E-state index contributed by atoms with van der Waals surface area (Å²) in [7, 11) is 0. The molecule has 6 aromatic rings. The zero-order chi connectivity index (χ0) is 23.7. The van der Waals surface area contributed by atoms with Crippen LogP contribution in [0.5, 0.6) is 0 Å². The van der Waals surface area contributed by atoms with Crippen LogP contribution in [0.25, 0.3) is 43.6 Å². The molecule has 0 amide bonds. The molecule has 0 atom stereocenters. The first-order chi connectivity index (χ1) is 16.6. The second-order valence-corrected chi connectivity index (χ2v) is 9.32. The van der Waals surface area contributed by atoms with E-state index >= 15 is 0 Å². The van der Waals surface area contributed by atoms with Crippen molar-refractivity contribution in [3.05, 3.63) is 95.6 Å². The van der Waals surface area contributed by atoms with Gasteiger partial charge in [-0.1, -0.05) is 80.4 Å². The monoisotopic (exact) mass is 635 g/mol. The molecule has 0 spiro atoms. The van der Waals surface area contributed by atoms with E-state index in [0.717, 1.165) is 77.0 Å². The van der Waals surface area contributed by atoms with Gasteiger partial charge in [0.25, 0.3) is 0 Å². The first-order valence-corrected chi connectivity index (χ1v) is 13.2. The van der Waals surface area contributed by atoms with E-state index in [2.05, 4.69) is 100 Å². The molecule has 0 N–H and O–H groups in total. The second-order valence-electron chi connectivity index (χ2n) is 8.20. The van der Waals surface area contributed by atoms with Crippen molar-refractivity contribution in [2.24, 2.45) is 0 Å². The molecule has 0 fully saturated rings. The molecule has 4 nitrogen and oxygen atoms in total. The molecule has 2 aromatic carbocycles. The standard InChI is InChI=1S/2C14H11BrN2.Cu/c2*1-9-2-3-10-4-5-11-6-7-12(8-15)17-14(11)13(10)16-9;/h2*2-7H,8H2,1H3;/q;;+1. The Morgan fingerprint density at radius 2 is 0.743 bits per heavy atom. The van der Waals surface area contributed by atoms with Gasteiger partial charge in [-0.15, -0.1) is 0 Å². The summed E-state index contributed by atoms with van der Waals surface area (Å²) >= 11 is 6.88. The van der Waals surface area contributed by atoms with Gasteiger partial charge in [0, 0.05) is 43.6 Å². The summed E-state index contributed by atoms with van der Waals surface area (Å²) in [5.74, 6) is 0. The Balaban J connectivity index is 0.000000160. The minimum atomic E-state index is 0. The van der Waals surface area contributed by atoms with Crippen molar-refractivity contribution in [3.63, 3.8) is 0 Å². The van der Waals surface area contributed by atoms with Crippen molar-refractivity contribution < 1.29 is 17.1 Å². The number of fused-ring (bicyclic) bond motifs is 6. The summed E-state index contributed by atoms with van der Waals surface area (Å²) in [5, 5.41) is 6.10. The van der Waals surface area contributed by atoms with Crippen LogP contribution in [0, 0.1) is 13.8 Å². The van der Waals surface area contributed by atoms with Crippen LogP contribution in [0.4, 0.5) is 0 Å². The molecule has 0 aliphatic carbocycles. The van der Waals surface area contributed by atoms with Gasteiger partial charge < -0.3 is 0 Å². The number of nitrogens with zero attached hydrogens (tertiary/aromatic N) is 4. The Kier molecular flexibility index (Phi) is 8.12. The number of aromatic nitrogens is 4. The van der Waals surface area contributed by atoms with Crippen LogP contribution >= 0.6 is 31.9 Å². The molecular formula is C28H22Br2CuN4+.